The fourth-order valence-corrected chi connectivity index (χ4v) is 3.03. The maximum Gasteiger partial charge on any atom is 0.267 e. The van der Waals surface area contributed by atoms with Crippen molar-refractivity contribution in [3.05, 3.63) is 45.9 Å². The summed E-state index contributed by atoms with van der Waals surface area (Å²) >= 11 is 0. The van der Waals surface area contributed by atoms with Gasteiger partial charge in [0.05, 0.1) is 5.69 Å². The molecular formula is C17H17N3O4. The van der Waals surface area contributed by atoms with Gasteiger partial charge in [0, 0.05) is 17.8 Å². The summed E-state index contributed by atoms with van der Waals surface area (Å²) in [6.45, 7) is 0.0712. The van der Waals surface area contributed by atoms with Crippen LogP contribution in [0, 0.1) is 0 Å². The Kier molecular flexibility index (Phi) is 3.68. The first-order chi connectivity index (χ1) is 11.7. The molecule has 24 heavy (non-hydrogen) atoms. The minimum atomic E-state index is -0.306. The lowest BCUT2D eigenvalue weighted by molar-refractivity contribution is -0.117. The zero-order valence-corrected chi connectivity index (χ0v) is 13.1. The van der Waals surface area contributed by atoms with Crippen molar-refractivity contribution in [1.82, 2.24) is 9.78 Å². The number of carbonyl (C=O) groups is 1. The van der Waals surface area contributed by atoms with Crippen molar-refractivity contribution in [3.8, 4) is 11.5 Å². The molecule has 1 aromatic heterocycles. The van der Waals surface area contributed by atoms with Gasteiger partial charge in [-0.1, -0.05) is 0 Å². The molecule has 1 aromatic carbocycles. The summed E-state index contributed by atoms with van der Waals surface area (Å²) < 4.78 is 11.7. The number of rotatable bonds is 3. The van der Waals surface area contributed by atoms with E-state index in [-0.39, 0.29) is 24.8 Å². The number of aromatic nitrogens is 2. The van der Waals surface area contributed by atoms with Gasteiger partial charge in [-0.25, -0.2) is 4.68 Å². The van der Waals surface area contributed by atoms with Crippen LogP contribution in [0.1, 0.15) is 24.1 Å². The normalized spacial score (nSPS) is 15.0. The van der Waals surface area contributed by atoms with Crippen LogP contribution in [0.15, 0.2) is 29.1 Å². The van der Waals surface area contributed by atoms with E-state index in [0.717, 1.165) is 36.9 Å². The van der Waals surface area contributed by atoms with Gasteiger partial charge in [0.25, 0.3) is 5.56 Å². The van der Waals surface area contributed by atoms with Gasteiger partial charge >= 0.3 is 0 Å². The zero-order valence-electron chi connectivity index (χ0n) is 13.1. The Labute approximate surface area is 138 Å². The van der Waals surface area contributed by atoms with Gasteiger partial charge < -0.3 is 14.8 Å². The first kappa shape index (κ1) is 14.7. The molecule has 2 aromatic rings. The number of nitrogens with zero attached hydrogens (tertiary/aromatic N) is 2. The molecule has 124 valence electrons. The van der Waals surface area contributed by atoms with Crippen LogP contribution in [0.25, 0.3) is 0 Å². The van der Waals surface area contributed by atoms with Gasteiger partial charge in [-0.05, 0) is 43.4 Å². The second kappa shape index (κ2) is 5.99. The largest absolute Gasteiger partial charge is 0.454 e. The lowest BCUT2D eigenvalue weighted by Gasteiger charge is -2.15. The Morgan fingerprint density at radius 3 is 2.92 bits per heavy atom. The number of hydrogen-bond donors (Lipinski definition) is 1. The van der Waals surface area contributed by atoms with Crippen LogP contribution in [0.4, 0.5) is 5.69 Å². The van der Waals surface area contributed by atoms with Gasteiger partial charge in [-0.2, -0.15) is 5.10 Å². The molecule has 2 heterocycles. The fourth-order valence-electron chi connectivity index (χ4n) is 3.03. The number of benzene rings is 1. The van der Waals surface area contributed by atoms with Crippen molar-refractivity contribution in [1.29, 1.82) is 0 Å². The monoisotopic (exact) mass is 327 g/mol. The van der Waals surface area contributed by atoms with Crippen LogP contribution < -0.4 is 20.3 Å². The number of amides is 1. The summed E-state index contributed by atoms with van der Waals surface area (Å²) in [6.07, 6.45) is 3.91. The molecule has 0 saturated carbocycles. The third-order valence-corrected chi connectivity index (χ3v) is 4.22. The van der Waals surface area contributed by atoms with Gasteiger partial charge in [0.15, 0.2) is 11.5 Å². The molecule has 1 aliphatic carbocycles. The quantitative estimate of drug-likeness (QED) is 0.923. The number of nitrogens with one attached hydrogen (secondary N) is 1. The molecular weight excluding hydrogens is 310 g/mol. The third kappa shape index (κ3) is 2.84. The van der Waals surface area contributed by atoms with Crippen molar-refractivity contribution in [2.75, 3.05) is 12.1 Å². The average molecular weight is 327 g/mol. The maximum atomic E-state index is 12.2. The SMILES string of the molecule is O=C(Cn1nc2c(cc1=O)CCCC2)Nc1ccc2c(c1)OCO2. The number of carbonyl (C=O) groups excluding carboxylic acids is 1. The summed E-state index contributed by atoms with van der Waals surface area (Å²) in [4.78, 5) is 24.3. The molecule has 0 fully saturated rings. The van der Waals surface area contributed by atoms with Gasteiger partial charge in [0.2, 0.25) is 12.7 Å². The second-order valence-corrected chi connectivity index (χ2v) is 5.94. The Bertz CT molecular complexity index is 859. The average Bonchev–Trinajstić information content (AvgIpc) is 3.03. The lowest BCUT2D eigenvalue weighted by atomic mass is 9.97. The predicted octanol–water partition coefficient (Wildman–Crippen LogP) is 1.49. The minimum Gasteiger partial charge on any atom is -0.454 e. The number of ether oxygens (including phenoxy) is 2. The van der Waals surface area contributed by atoms with E-state index < -0.39 is 0 Å². The highest BCUT2D eigenvalue weighted by Gasteiger charge is 2.16. The summed E-state index contributed by atoms with van der Waals surface area (Å²) in [5.74, 6) is 0.941. The van der Waals surface area contributed by atoms with Crippen LogP contribution in [0.5, 0.6) is 11.5 Å². The number of fused-ring (bicyclic) bond motifs is 2. The summed E-state index contributed by atoms with van der Waals surface area (Å²) in [6, 6.07) is 6.77. The second-order valence-electron chi connectivity index (χ2n) is 5.94. The smallest absolute Gasteiger partial charge is 0.267 e. The maximum absolute atomic E-state index is 12.2. The molecule has 0 unspecified atom stereocenters. The van der Waals surface area contributed by atoms with Crippen LogP contribution in [0.2, 0.25) is 0 Å². The molecule has 1 amide bonds. The Hall–Kier alpha value is -2.83. The highest BCUT2D eigenvalue weighted by Crippen LogP contribution is 2.34. The highest BCUT2D eigenvalue weighted by molar-refractivity contribution is 5.90. The number of hydrogen-bond acceptors (Lipinski definition) is 5. The molecule has 1 aliphatic heterocycles. The Morgan fingerprint density at radius 2 is 2.00 bits per heavy atom. The molecule has 2 aliphatic rings. The molecule has 1 N–H and O–H groups in total. The van der Waals surface area contributed by atoms with E-state index in [1.807, 2.05) is 0 Å². The zero-order chi connectivity index (χ0) is 16.5. The third-order valence-electron chi connectivity index (χ3n) is 4.22. The number of aryl methyl sites for hydroxylation is 2. The lowest BCUT2D eigenvalue weighted by Crippen LogP contribution is -2.31. The standard InChI is InChI=1S/C17H17N3O4/c21-16(18-12-5-6-14-15(8-12)24-10-23-14)9-20-17(22)7-11-3-1-2-4-13(11)19-20/h5-8H,1-4,9-10H2,(H,18,21). The molecule has 0 bridgehead atoms. The van der Waals surface area contributed by atoms with E-state index in [0.29, 0.717) is 17.2 Å². The fraction of sp³-hybridized carbons (Fsp3) is 0.353. The van der Waals surface area contributed by atoms with E-state index in [1.54, 1.807) is 24.3 Å². The molecule has 0 radical (unpaired) electrons. The molecule has 4 rings (SSSR count). The Balaban J connectivity index is 1.49. The van der Waals surface area contributed by atoms with E-state index in [2.05, 4.69) is 10.4 Å². The van der Waals surface area contributed by atoms with Crippen LogP contribution >= 0.6 is 0 Å². The van der Waals surface area contributed by atoms with Crippen molar-refractivity contribution < 1.29 is 14.3 Å². The van der Waals surface area contributed by atoms with E-state index in [4.69, 9.17) is 9.47 Å². The predicted molar refractivity (Wildman–Crippen MR) is 86.3 cm³/mol. The summed E-state index contributed by atoms with van der Waals surface area (Å²) in [5, 5.41) is 7.10. The van der Waals surface area contributed by atoms with Crippen LogP contribution in [-0.4, -0.2) is 22.5 Å². The molecule has 0 saturated heterocycles. The van der Waals surface area contributed by atoms with Crippen molar-refractivity contribution >= 4 is 11.6 Å². The topological polar surface area (TPSA) is 82.5 Å². The van der Waals surface area contributed by atoms with E-state index in [9.17, 15) is 9.59 Å². The highest BCUT2D eigenvalue weighted by atomic mass is 16.7. The molecule has 7 heteroatoms. The molecule has 0 spiro atoms. The van der Waals surface area contributed by atoms with Crippen molar-refractivity contribution in [2.24, 2.45) is 0 Å². The molecule has 7 nitrogen and oxygen atoms in total. The van der Waals surface area contributed by atoms with Gasteiger partial charge in [-0.15, -0.1) is 0 Å². The molecule has 0 atom stereocenters. The van der Waals surface area contributed by atoms with Crippen molar-refractivity contribution in [3.63, 3.8) is 0 Å². The summed E-state index contributed by atoms with van der Waals surface area (Å²) in [5.41, 5.74) is 2.29. The van der Waals surface area contributed by atoms with Gasteiger partial charge in [0.1, 0.15) is 6.54 Å². The van der Waals surface area contributed by atoms with Gasteiger partial charge in [-0.3, -0.25) is 9.59 Å². The number of anilines is 1. The van der Waals surface area contributed by atoms with Crippen LogP contribution in [-0.2, 0) is 24.2 Å². The first-order valence-corrected chi connectivity index (χ1v) is 7.98. The first-order valence-electron chi connectivity index (χ1n) is 7.98. The van der Waals surface area contributed by atoms with E-state index >= 15 is 0 Å². The van der Waals surface area contributed by atoms with E-state index in [1.165, 1.54) is 4.68 Å². The minimum absolute atomic E-state index is 0.111. The van der Waals surface area contributed by atoms with Crippen LogP contribution in [0.3, 0.4) is 0 Å². The Morgan fingerprint density at radius 1 is 1.17 bits per heavy atom. The summed E-state index contributed by atoms with van der Waals surface area (Å²) in [7, 11) is 0. The van der Waals surface area contributed by atoms with Crippen molar-refractivity contribution in [2.45, 2.75) is 32.2 Å².